The first kappa shape index (κ1) is 15.7. The summed E-state index contributed by atoms with van der Waals surface area (Å²) in [5.74, 6) is 0.443. The molecular formula is C16H25NO2. The highest BCUT2D eigenvalue weighted by Gasteiger charge is 2.22. The number of aliphatic hydroxyl groups excluding tert-OH is 1. The molecule has 0 saturated carbocycles. The van der Waals surface area contributed by atoms with E-state index < -0.39 is 0 Å². The van der Waals surface area contributed by atoms with Gasteiger partial charge in [-0.05, 0) is 22.5 Å². The van der Waals surface area contributed by atoms with Crippen molar-refractivity contribution in [2.45, 2.75) is 47.3 Å². The summed E-state index contributed by atoms with van der Waals surface area (Å²) in [4.78, 5) is 11.8. The Labute approximate surface area is 116 Å². The molecule has 1 amide bonds. The summed E-state index contributed by atoms with van der Waals surface area (Å²) in [7, 11) is 0. The molecule has 19 heavy (non-hydrogen) atoms. The summed E-state index contributed by atoms with van der Waals surface area (Å²) in [5.41, 5.74) is 2.09. The molecule has 0 spiro atoms. The van der Waals surface area contributed by atoms with Crippen LogP contribution >= 0.6 is 0 Å². The predicted octanol–water partition coefficient (Wildman–Crippen LogP) is 2.87. The van der Waals surface area contributed by atoms with Gasteiger partial charge in [0.15, 0.2) is 0 Å². The van der Waals surface area contributed by atoms with Gasteiger partial charge in [0.25, 0.3) is 0 Å². The Balaban J connectivity index is 2.41. The van der Waals surface area contributed by atoms with E-state index in [0.717, 1.165) is 11.1 Å². The second kappa shape index (κ2) is 6.71. The lowest BCUT2D eigenvalue weighted by atomic mass is 9.80. The molecule has 2 N–H and O–H groups in total. The fourth-order valence-electron chi connectivity index (χ4n) is 1.62. The van der Waals surface area contributed by atoms with Crippen molar-refractivity contribution in [2.75, 3.05) is 0 Å². The van der Waals surface area contributed by atoms with Gasteiger partial charge in [0.2, 0.25) is 5.91 Å². The summed E-state index contributed by atoms with van der Waals surface area (Å²) >= 11 is 0. The summed E-state index contributed by atoms with van der Waals surface area (Å²) in [6, 6.07) is 7.61. The Hall–Kier alpha value is -1.35. The van der Waals surface area contributed by atoms with Crippen molar-refractivity contribution in [3.63, 3.8) is 0 Å². The molecule has 3 heteroatoms. The molecule has 0 heterocycles. The van der Waals surface area contributed by atoms with Gasteiger partial charge in [-0.2, -0.15) is 0 Å². The van der Waals surface area contributed by atoms with Crippen LogP contribution in [0.15, 0.2) is 24.3 Å². The third kappa shape index (κ3) is 5.43. The molecule has 1 atom stereocenters. The number of rotatable bonds is 5. The Morgan fingerprint density at radius 1 is 1.21 bits per heavy atom. The molecule has 0 aliphatic rings. The molecule has 1 aromatic rings. The van der Waals surface area contributed by atoms with Gasteiger partial charge in [-0.3, -0.25) is 4.79 Å². The van der Waals surface area contributed by atoms with Crippen molar-refractivity contribution in [1.29, 1.82) is 0 Å². The quantitative estimate of drug-likeness (QED) is 0.858. The van der Waals surface area contributed by atoms with E-state index in [1.165, 1.54) is 0 Å². The molecule has 0 aliphatic heterocycles. The average Bonchev–Trinajstić information content (AvgIpc) is 2.35. The maximum Gasteiger partial charge on any atom is 0.220 e. The number of nitrogens with one attached hydrogen (secondary N) is 1. The van der Waals surface area contributed by atoms with Gasteiger partial charge in [0, 0.05) is 13.0 Å². The van der Waals surface area contributed by atoms with Crippen LogP contribution in [0.3, 0.4) is 0 Å². The third-order valence-corrected chi connectivity index (χ3v) is 3.67. The van der Waals surface area contributed by atoms with E-state index in [1.54, 1.807) is 0 Å². The molecule has 106 valence electrons. The van der Waals surface area contributed by atoms with Gasteiger partial charge >= 0.3 is 0 Å². The van der Waals surface area contributed by atoms with Crippen molar-refractivity contribution in [3.8, 4) is 0 Å². The summed E-state index contributed by atoms with van der Waals surface area (Å²) in [6.07, 6.45) is 0.554. The lowest BCUT2D eigenvalue weighted by molar-refractivity contribution is -0.122. The number of aliphatic hydroxyl groups is 1. The van der Waals surface area contributed by atoms with Crippen molar-refractivity contribution in [2.24, 2.45) is 11.3 Å². The topological polar surface area (TPSA) is 49.3 Å². The lowest BCUT2D eigenvalue weighted by Crippen LogP contribution is -2.28. The predicted molar refractivity (Wildman–Crippen MR) is 77.4 cm³/mol. The summed E-state index contributed by atoms with van der Waals surface area (Å²) in [5, 5.41) is 11.9. The van der Waals surface area contributed by atoms with E-state index in [-0.39, 0.29) is 17.9 Å². The number of benzene rings is 1. The molecule has 1 rings (SSSR count). The highest BCUT2D eigenvalue weighted by Crippen LogP contribution is 2.27. The van der Waals surface area contributed by atoms with Gasteiger partial charge in [-0.15, -0.1) is 0 Å². The zero-order valence-electron chi connectivity index (χ0n) is 12.4. The second-order valence-corrected chi connectivity index (χ2v) is 6.22. The van der Waals surface area contributed by atoms with Crippen molar-refractivity contribution in [3.05, 3.63) is 35.4 Å². The lowest BCUT2D eigenvalue weighted by Gasteiger charge is -2.26. The van der Waals surface area contributed by atoms with E-state index in [4.69, 9.17) is 5.11 Å². The number of amides is 1. The van der Waals surface area contributed by atoms with Crippen molar-refractivity contribution in [1.82, 2.24) is 5.32 Å². The van der Waals surface area contributed by atoms with E-state index in [2.05, 4.69) is 33.0 Å². The highest BCUT2D eigenvalue weighted by molar-refractivity contribution is 5.76. The molecule has 0 saturated heterocycles. The van der Waals surface area contributed by atoms with E-state index in [0.29, 0.717) is 18.9 Å². The fraction of sp³-hybridized carbons (Fsp3) is 0.562. The van der Waals surface area contributed by atoms with E-state index in [9.17, 15) is 4.79 Å². The van der Waals surface area contributed by atoms with Crippen LogP contribution in [-0.4, -0.2) is 11.0 Å². The molecule has 3 nitrogen and oxygen atoms in total. The smallest absolute Gasteiger partial charge is 0.220 e. The van der Waals surface area contributed by atoms with Crippen LogP contribution in [-0.2, 0) is 17.9 Å². The first-order valence-electron chi connectivity index (χ1n) is 6.78. The largest absolute Gasteiger partial charge is 0.392 e. The Kier molecular flexibility index (Phi) is 5.55. The van der Waals surface area contributed by atoms with Crippen LogP contribution < -0.4 is 5.32 Å². The summed E-state index contributed by atoms with van der Waals surface area (Å²) in [6.45, 7) is 9.16. The van der Waals surface area contributed by atoms with Crippen LogP contribution in [0.1, 0.15) is 45.2 Å². The van der Waals surface area contributed by atoms with E-state index >= 15 is 0 Å². The molecular weight excluding hydrogens is 238 g/mol. The van der Waals surface area contributed by atoms with Crippen LogP contribution in [0.5, 0.6) is 0 Å². The van der Waals surface area contributed by atoms with Crippen molar-refractivity contribution < 1.29 is 9.90 Å². The van der Waals surface area contributed by atoms with Crippen LogP contribution in [0.25, 0.3) is 0 Å². The Morgan fingerprint density at radius 3 is 2.21 bits per heavy atom. The zero-order valence-corrected chi connectivity index (χ0v) is 12.4. The monoisotopic (exact) mass is 263 g/mol. The Morgan fingerprint density at radius 2 is 1.74 bits per heavy atom. The maximum absolute atomic E-state index is 11.8. The van der Waals surface area contributed by atoms with Crippen LogP contribution in [0, 0.1) is 11.3 Å². The summed E-state index contributed by atoms with van der Waals surface area (Å²) < 4.78 is 0. The highest BCUT2D eigenvalue weighted by atomic mass is 16.3. The molecule has 0 bridgehead atoms. The Bertz CT molecular complexity index is 404. The minimum Gasteiger partial charge on any atom is -0.392 e. The number of hydrogen-bond donors (Lipinski definition) is 2. The minimum atomic E-state index is 0.0513. The second-order valence-electron chi connectivity index (χ2n) is 6.22. The number of hydrogen-bond acceptors (Lipinski definition) is 2. The van der Waals surface area contributed by atoms with Gasteiger partial charge in [-0.25, -0.2) is 0 Å². The first-order chi connectivity index (χ1) is 8.82. The molecule has 1 unspecified atom stereocenters. The number of carbonyl (C=O) groups excluding carboxylic acids is 1. The number of carbonyl (C=O) groups is 1. The molecule has 1 aromatic carbocycles. The SMILES string of the molecule is CC(CC(=O)NCc1ccc(CO)cc1)C(C)(C)C. The van der Waals surface area contributed by atoms with Crippen LogP contribution in [0.4, 0.5) is 0 Å². The third-order valence-electron chi connectivity index (χ3n) is 3.67. The van der Waals surface area contributed by atoms with Gasteiger partial charge < -0.3 is 10.4 Å². The van der Waals surface area contributed by atoms with Crippen molar-refractivity contribution >= 4 is 5.91 Å². The molecule has 0 fully saturated rings. The zero-order chi connectivity index (χ0) is 14.5. The first-order valence-corrected chi connectivity index (χ1v) is 6.78. The van der Waals surface area contributed by atoms with Crippen LogP contribution in [0.2, 0.25) is 0 Å². The average molecular weight is 263 g/mol. The normalized spacial score (nSPS) is 13.1. The van der Waals surface area contributed by atoms with Gasteiger partial charge in [0.1, 0.15) is 0 Å². The van der Waals surface area contributed by atoms with Gasteiger partial charge in [0.05, 0.1) is 6.61 Å². The van der Waals surface area contributed by atoms with E-state index in [1.807, 2.05) is 24.3 Å². The minimum absolute atomic E-state index is 0.0513. The van der Waals surface area contributed by atoms with Gasteiger partial charge in [-0.1, -0.05) is 52.0 Å². The molecule has 0 aliphatic carbocycles. The fourth-order valence-corrected chi connectivity index (χ4v) is 1.62. The molecule has 0 radical (unpaired) electrons. The maximum atomic E-state index is 11.8. The standard InChI is InChI=1S/C16H25NO2/c1-12(16(2,3)4)9-15(19)17-10-13-5-7-14(11-18)8-6-13/h5-8,12,18H,9-11H2,1-4H3,(H,17,19). The molecule has 0 aromatic heterocycles.